The third kappa shape index (κ3) is 3.20. The van der Waals surface area contributed by atoms with Gasteiger partial charge in [-0.05, 0) is 35.9 Å². The standard InChI is InChI=1S/C23H14N4/c24-14-17(15-25)13-16-9-11-18(12-10-16)26-23-19-5-1-3-7-21(19)27-22-8-4-2-6-20(22)23/h1-13H,(H,26,27). The highest BCUT2D eigenvalue weighted by molar-refractivity contribution is 6.08. The molecule has 0 saturated carbocycles. The van der Waals surface area contributed by atoms with E-state index < -0.39 is 0 Å². The maximum Gasteiger partial charge on any atom is 0.130 e. The molecule has 4 aromatic rings. The van der Waals surface area contributed by atoms with Gasteiger partial charge in [-0.2, -0.15) is 10.5 Å². The van der Waals surface area contributed by atoms with E-state index in [1.165, 1.54) is 0 Å². The molecule has 0 bridgehead atoms. The number of nitrogens with zero attached hydrogens (tertiary/aromatic N) is 3. The first-order valence-electron chi connectivity index (χ1n) is 8.45. The Labute approximate surface area is 156 Å². The minimum atomic E-state index is 0.0850. The van der Waals surface area contributed by atoms with Crippen LogP contribution in [0.5, 0.6) is 0 Å². The molecular weight excluding hydrogens is 332 g/mol. The summed E-state index contributed by atoms with van der Waals surface area (Å²) in [5.41, 5.74) is 4.69. The first-order valence-corrected chi connectivity index (χ1v) is 8.45. The molecule has 0 spiro atoms. The zero-order valence-corrected chi connectivity index (χ0v) is 14.3. The molecule has 27 heavy (non-hydrogen) atoms. The smallest absolute Gasteiger partial charge is 0.130 e. The lowest BCUT2D eigenvalue weighted by atomic mass is 10.1. The number of aromatic nitrogens is 1. The van der Waals surface area contributed by atoms with Crippen LogP contribution in [0.2, 0.25) is 0 Å². The van der Waals surface area contributed by atoms with Gasteiger partial charge in [0.15, 0.2) is 0 Å². The van der Waals surface area contributed by atoms with Gasteiger partial charge in [0.1, 0.15) is 17.7 Å². The van der Waals surface area contributed by atoms with Crippen LogP contribution in [-0.2, 0) is 0 Å². The highest BCUT2D eigenvalue weighted by atomic mass is 14.9. The molecule has 0 aliphatic rings. The summed E-state index contributed by atoms with van der Waals surface area (Å²) in [7, 11) is 0. The molecule has 4 nitrogen and oxygen atoms in total. The predicted molar refractivity (Wildman–Crippen MR) is 108 cm³/mol. The van der Waals surface area contributed by atoms with Gasteiger partial charge in [0.25, 0.3) is 0 Å². The van der Waals surface area contributed by atoms with Crippen molar-refractivity contribution >= 4 is 39.3 Å². The number of hydrogen-bond acceptors (Lipinski definition) is 4. The Morgan fingerprint density at radius 2 is 1.33 bits per heavy atom. The van der Waals surface area contributed by atoms with Gasteiger partial charge in [-0.15, -0.1) is 0 Å². The molecule has 4 rings (SSSR count). The number of fused-ring (bicyclic) bond motifs is 2. The molecule has 0 saturated heterocycles. The van der Waals surface area contributed by atoms with Crippen LogP contribution in [0.1, 0.15) is 5.56 Å². The maximum atomic E-state index is 8.88. The zero-order valence-electron chi connectivity index (χ0n) is 14.3. The molecule has 1 N–H and O–H groups in total. The van der Waals surface area contributed by atoms with Gasteiger partial charge in [0, 0.05) is 16.5 Å². The van der Waals surface area contributed by atoms with Gasteiger partial charge in [-0.25, -0.2) is 4.98 Å². The maximum absolute atomic E-state index is 8.88. The van der Waals surface area contributed by atoms with Crippen molar-refractivity contribution < 1.29 is 0 Å². The van der Waals surface area contributed by atoms with Gasteiger partial charge in [-0.1, -0.05) is 48.5 Å². The molecule has 0 atom stereocenters. The summed E-state index contributed by atoms with van der Waals surface area (Å²) in [5.74, 6) is 0. The number of nitriles is 2. The molecule has 0 unspecified atom stereocenters. The second-order valence-electron chi connectivity index (χ2n) is 6.05. The van der Waals surface area contributed by atoms with E-state index in [1.54, 1.807) is 6.08 Å². The lowest BCUT2D eigenvalue weighted by molar-refractivity contribution is 1.47. The van der Waals surface area contributed by atoms with Crippen molar-refractivity contribution in [1.29, 1.82) is 10.5 Å². The molecule has 0 aliphatic carbocycles. The van der Waals surface area contributed by atoms with Crippen LogP contribution in [0.25, 0.3) is 27.9 Å². The molecule has 4 heteroatoms. The Kier molecular flexibility index (Phi) is 4.23. The van der Waals surface area contributed by atoms with E-state index in [9.17, 15) is 0 Å². The van der Waals surface area contributed by atoms with Crippen LogP contribution in [0.3, 0.4) is 0 Å². The summed E-state index contributed by atoms with van der Waals surface area (Å²) in [6.45, 7) is 0. The molecule has 3 aromatic carbocycles. The molecule has 126 valence electrons. The van der Waals surface area contributed by atoms with Gasteiger partial charge >= 0.3 is 0 Å². The third-order valence-electron chi connectivity index (χ3n) is 4.32. The normalized spacial score (nSPS) is 10.1. The van der Waals surface area contributed by atoms with E-state index in [4.69, 9.17) is 15.5 Å². The summed E-state index contributed by atoms with van der Waals surface area (Å²) < 4.78 is 0. The summed E-state index contributed by atoms with van der Waals surface area (Å²) in [6.07, 6.45) is 1.57. The van der Waals surface area contributed by atoms with Gasteiger partial charge in [0.2, 0.25) is 0 Å². The van der Waals surface area contributed by atoms with Gasteiger partial charge in [0.05, 0.1) is 16.7 Å². The Hall–Kier alpha value is -4.15. The fraction of sp³-hybridized carbons (Fsp3) is 0. The predicted octanol–water partition coefficient (Wildman–Crippen LogP) is 5.56. The lowest BCUT2D eigenvalue weighted by Crippen LogP contribution is -1.95. The van der Waals surface area contributed by atoms with Crippen LogP contribution in [0, 0.1) is 22.7 Å². The number of anilines is 2. The minimum Gasteiger partial charge on any atom is -0.354 e. The molecule has 0 amide bonds. The highest BCUT2D eigenvalue weighted by Crippen LogP contribution is 2.33. The van der Waals surface area contributed by atoms with Crippen LogP contribution in [0.15, 0.2) is 78.4 Å². The zero-order chi connectivity index (χ0) is 18.6. The largest absolute Gasteiger partial charge is 0.354 e. The van der Waals surface area contributed by atoms with Gasteiger partial charge in [-0.3, -0.25) is 0 Å². The molecule has 0 radical (unpaired) electrons. The molecule has 0 aliphatic heterocycles. The summed E-state index contributed by atoms with van der Waals surface area (Å²) in [4.78, 5) is 4.74. The van der Waals surface area contributed by atoms with Crippen molar-refractivity contribution in [3.05, 3.63) is 83.9 Å². The number of rotatable bonds is 3. The SMILES string of the molecule is N#CC(C#N)=Cc1ccc(Nc2c3ccccc3nc3ccccc23)cc1. The first kappa shape index (κ1) is 16.3. The second kappa shape index (κ2) is 7.00. The van der Waals surface area contributed by atoms with Crippen molar-refractivity contribution in [1.82, 2.24) is 4.98 Å². The monoisotopic (exact) mass is 346 g/mol. The highest BCUT2D eigenvalue weighted by Gasteiger charge is 2.08. The van der Waals surface area contributed by atoms with Crippen molar-refractivity contribution in [2.75, 3.05) is 5.32 Å². The first-order chi connectivity index (χ1) is 13.3. The number of hydrogen-bond donors (Lipinski definition) is 1. The average Bonchev–Trinajstić information content (AvgIpc) is 2.73. The number of nitrogens with one attached hydrogen (secondary N) is 1. The van der Waals surface area contributed by atoms with Crippen molar-refractivity contribution in [2.45, 2.75) is 0 Å². The number of para-hydroxylation sites is 2. The Bertz CT molecular complexity index is 1190. The van der Waals surface area contributed by atoms with Crippen molar-refractivity contribution in [3.63, 3.8) is 0 Å². The van der Waals surface area contributed by atoms with Crippen LogP contribution < -0.4 is 5.32 Å². The quantitative estimate of drug-likeness (QED) is 0.389. The average molecular weight is 346 g/mol. The van der Waals surface area contributed by atoms with E-state index in [0.717, 1.165) is 38.7 Å². The Morgan fingerprint density at radius 3 is 1.89 bits per heavy atom. The fourth-order valence-electron chi connectivity index (χ4n) is 3.04. The van der Waals surface area contributed by atoms with Crippen LogP contribution >= 0.6 is 0 Å². The number of benzene rings is 3. The Morgan fingerprint density at radius 1 is 0.778 bits per heavy atom. The van der Waals surface area contributed by atoms with E-state index in [2.05, 4.69) is 17.4 Å². The topological polar surface area (TPSA) is 72.5 Å². The van der Waals surface area contributed by atoms with E-state index >= 15 is 0 Å². The summed E-state index contributed by atoms with van der Waals surface area (Å²) in [6, 6.07) is 27.5. The second-order valence-corrected chi connectivity index (χ2v) is 6.05. The van der Waals surface area contributed by atoms with Crippen molar-refractivity contribution in [2.24, 2.45) is 0 Å². The Balaban J connectivity index is 1.78. The fourth-order valence-corrected chi connectivity index (χ4v) is 3.04. The molecule has 1 aromatic heterocycles. The van der Waals surface area contributed by atoms with Gasteiger partial charge < -0.3 is 5.32 Å². The van der Waals surface area contributed by atoms with Crippen molar-refractivity contribution in [3.8, 4) is 12.1 Å². The van der Waals surface area contributed by atoms with Crippen LogP contribution in [0.4, 0.5) is 11.4 Å². The van der Waals surface area contributed by atoms with E-state index in [-0.39, 0.29) is 5.57 Å². The molecule has 1 heterocycles. The minimum absolute atomic E-state index is 0.0850. The third-order valence-corrected chi connectivity index (χ3v) is 4.32. The van der Waals surface area contributed by atoms with E-state index in [1.807, 2.05) is 72.8 Å². The lowest BCUT2D eigenvalue weighted by Gasteiger charge is -2.13. The number of allylic oxidation sites excluding steroid dienone is 1. The molecule has 0 fully saturated rings. The summed E-state index contributed by atoms with van der Waals surface area (Å²) >= 11 is 0. The van der Waals surface area contributed by atoms with E-state index in [0.29, 0.717) is 0 Å². The summed E-state index contributed by atoms with van der Waals surface area (Å²) in [5, 5.41) is 23.4. The van der Waals surface area contributed by atoms with Crippen LogP contribution in [-0.4, -0.2) is 4.98 Å². The molecular formula is C23H14N4. The number of pyridine rings is 1.